The van der Waals surface area contributed by atoms with Crippen molar-refractivity contribution in [2.24, 2.45) is 0 Å². The lowest BCUT2D eigenvalue weighted by molar-refractivity contribution is -0.112. The lowest BCUT2D eigenvalue weighted by atomic mass is 10.1. The van der Waals surface area contributed by atoms with Gasteiger partial charge in [0.2, 0.25) is 0 Å². The van der Waals surface area contributed by atoms with Crippen molar-refractivity contribution >= 4 is 17.3 Å². The summed E-state index contributed by atoms with van der Waals surface area (Å²) < 4.78 is 0. The Bertz CT molecular complexity index is 932. The average molecular weight is 405 g/mol. The molecule has 30 heavy (non-hydrogen) atoms. The van der Waals surface area contributed by atoms with E-state index in [4.69, 9.17) is 0 Å². The number of benzene rings is 1. The van der Waals surface area contributed by atoms with Crippen LogP contribution in [0.25, 0.3) is 0 Å². The summed E-state index contributed by atoms with van der Waals surface area (Å²) in [7, 11) is 2.00. The molecule has 2 aliphatic rings. The Kier molecular flexibility index (Phi) is 7.72. The first kappa shape index (κ1) is 21.7. The number of nitrogens with zero attached hydrogens (tertiary/aromatic N) is 1. The van der Waals surface area contributed by atoms with Crippen molar-refractivity contribution in [2.45, 2.75) is 46.0 Å². The molecule has 0 atom stereocenters. The van der Waals surface area contributed by atoms with Gasteiger partial charge in [-0.2, -0.15) is 0 Å². The van der Waals surface area contributed by atoms with Crippen LogP contribution in [0.1, 0.15) is 46.0 Å². The smallest absolute Gasteiger partial charge is 0.263 e. The van der Waals surface area contributed by atoms with Crippen molar-refractivity contribution < 1.29 is 4.79 Å². The molecular formula is C25H32N4O. The van der Waals surface area contributed by atoms with Crippen LogP contribution in [0.4, 0.5) is 11.4 Å². The molecule has 0 radical (unpaired) electrons. The van der Waals surface area contributed by atoms with Crippen LogP contribution in [0.3, 0.4) is 0 Å². The summed E-state index contributed by atoms with van der Waals surface area (Å²) in [6, 6.07) is 7.80. The highest BCUT2D eigenvalue weighted by Crippen LogP contribution is 2.27. The molecule has 0 saturated heterocycles. The third-order valence-electron chi connectivity index (χ3n) is 5.18. The summed E-state index contributed by atoms with van der Waals surface area (Å²) in [5, 5.41) is 8.58. The molecule has 3 rings (SSSR count). The zero-order valence-electron chi connectivity index (χ0n) is 18.2. The van der Waals surface area contributed by atoms with Gasteiger partial charge in [-0.3, -0.25) is 9.80 Å². The highest BCUT2D eigenvalue weighted by molar-refractivity contribution is 6.07. The Labute approximate surface area is 179 Å². The van der Waals surface area contributed by atoms with Crippen molar-refractivity contribution in [1.29, 1.82) is 0 Å². The number of rotatable bonds is 8. The topological polar surface area (TPSA) is 56.4 Å². The van der Waals surface area contributed by atoms with Crippen LogP contribution in [-0.2, 0) is 4.79 Å². The quantitative estimate of drug-likeness (QED) is 0.517. The first-order valence-corrected chi connectivity index (χ1v) is 10.8. The zero-order valence-corrected chi connectivity index (χ0v) is 18.2. The number of carbonyl (C=O) groups is 1. The normalized spacial score (nSPS) is 17.9. The monoisotopic (exact) mass is 404 g/mol. The maximum absolute atomic E-state index is 13.0. The summed E-state index contributed by atoms with van der Waals surface area (Å²) in [4.78, 5) is 13.0. The molecule has 1 heterocycles. The van der Waals surface area contributed by atoms with Crippen LogP contribution in [0.2, 0.25) is 0 Å². The third-order valence-corrected chi connectivity index (χ3v) is 5.18. The van der Waals surface area contributed by atoms with Gasteiger partial charge in [-0.25, -0.2) is 5.43 Å². The lowest BCUT2D eigenvalue weighted by Gasteiger charge is -2.20. The second-order valence-corrected chi connectivity index (χ2v) is 7.58. The second-order valence-electron chi connectivity index (χ2n) is 7.58. The van der Waals surface area contributed by atoms with E-state index in [2.05, 4.69) is 41.7 Å². The molecule has 1 amide bonds. The molecule has 0 spiro atoms. The Balaban J connectivity index is 1.78. The molecule has 5 nitrogen and oxygen atoms in total. The van der Waals surface area contributed by atoms with Crippen molar-refractivity contribution in [1.82, 2.24) is 10.4 Å². The van der Waals surface area contributed by atoms with E-state index in [-0.39, 0.29) is 5.91 Å². The number of anilines is 2. The molecule has 0 aromatic heterocycles. The minimum atomic E-state index is -0.157. The van der Waals surface area contributed by atoms with Crippen molar-refractivity contribution in [3.63, 3.8) is 0 Å². The van der Waals surface area contributed by atoms with E-state index in [1.54, 1.807) is 0 Å². The first-order chi connectivity index (χ1) is 14.6. The van der Waals surface area contributed by atoms with Crippen LogP contribution in [0.5, 0.6) is 0 Å². The Morgan fingerprint density at radius 2 is 1.90 bits per heavy atom. The molecule has 1 aliphatic heterocycles. The summed E-state index contributed by atoms with van der Waals surface area (Å²) in [5.41, 5.74) is 11.2. The molecule has 1 aliphatic carbocycles. The van der Waals surface area contributed by atoms with Crippen LogP contribution in [0, 0.1) is 0 Å². The highest BCUT2D eigenvalue weighted by atomic mass is 16.1. The van der Waals surface area contributed by atoms with Gasteiger partial charge < -0.3 is 10.6 Å². The molecule has 158 valence electrons. The first-order valence-electron chi connectivity index (χ1n) is 10.8. The minimum absolute atomic E-state index is 0.157. The van der Waals surface area contributed by atoms with Crippen LogP contribution < -0.4 is 16.1 Å². The van der Waals surface area contributed by atoms with Crippen molar-refractivity contribution in [3.05, 3.63) is 76.8 Å². The molecule has 1 aromatic rings. The van der Waals surface area contributed by atoms with Gasteiger partial charge in [0.05, 0.1) is 16.9 Å². The molecule has 1 aromatic carbocycles. The summed E-state index contributed by atoms with van der Waals surface area (Å²) in [5.74, 6) is 0.896. The Morgan fingerprint density at radius 3 is 2.67 bits per heavy atom. The van der Waals surface area contributed by atoms with Gasteiger partial charge in [0.25, 0.3) is 5.91 Å². The Morgan fingerprint density at radius 1 is 1.13 bits per heavy atom. The van der Waals surface area contributed by atoms with Gasteiger partial charge in [-0.15, -0.1) is 5.73 Å². The van der Waals surface area contributed by atoms with Gasteiger partial charge in [0.15, 0.2) is 0 Å². The van der Waals surface area contributed by atoms with Crippen LogP contribution in [-0.4, -0.2) is 24.5 Å². The maximum Gasteiger partial charge on any atom is 0.263 e. The summed E-state index contributed by atoms with van der Waals surface area (Å²) in [6.45, 7) is 5.19. The minimum Gasteiger partial charge on any atom is -0.339 e. The van der Waals surface area contributed by atoms with Gasteiger partial charge in [0.1, 0.15) is 5.82 Å². The SMILES string of the molecule is CCCC1=C(Nc2ccccc2NC(=O)C2=C=CC/C=C(/CCC)C=C2)N(C)NC1. The number of amides is 1. The molecule has 0 saturated carbocycles. The standard InChI is InChI=1S/C25H32N4O/c1-4-10-19-12-6-7-13-20(17-16-19)25(30)28-23-15-9-8-14-22(23)27-24-21(11-5-2)18-26-29(24)3/h7-9,12,14-17,26-27H,4-6,10-11,18H2,1-3H3,(H,28,30)/b17-16?,19-12-. The fourth-order valence-electron chi connectivity index (χ4n) is 3.61. The number of hydrogen-bond acceptors (Lipinski definition) is 4. The molecule has 0 bridgehead atoms. The van der Waals surface area contributed by atoms with E-state index in [0.29, 0.717) is 5.57 Å². The van der Waals surface area contributed by atoms with E-state index in [1.165, 1.54) is 11.1 Å². The highest BCUT2D eigenvalue weighted by Gasteiger charge is 2.20. The molecule has 3 N–H and O–H groups in total. The predicted molar refractivity (Wildman–Crippen MR) is 125 cm³/mol. The van der Waals surface area contributed by atoms with Gasteiger partial charge in [-0.05, 0) is 49.1 Å². The van der Waals surface area contributed by atoms with Gasteiger partial charge in [0, 0.05) is 13.6 Å². The fraction of sp³-hybridized carbons (Fsp3) is 0.360. The second kappa shape index (κ2) is 10.7. The predicted octanol–water partition coefficient (Wildman–Crippen LogP) is 5.27. The van der Waals surface area contributed by atoms with Crippen LogP contribution in [0.15, 0.2) is 76.8 Å². The average Bonchev–Trinajstić information content (AvgIpc) is 3.05. The van der Waals surface area contributed by atoms with E-state index in [9.17, 15) is 4.79 Å². The van der Waals surface area contributed by atoms with E-state index in [0.717, 1.165) is 55.8 Å². The van der Waals surface area contributed by atoms with Crippen LogP contribution >= 0.6 is 0 Å². The van der Waals surface area contributed by atoms with Crippen molar-refractivity contribution in [3.8, 4) is 0 Å². The largest absolute Gasteiger partial charge is 0.339 e. The zero-order chi connectivity index (χ0) is 21.3. The number of allylic oxidation sites excluding steroid dienone is 3. The fourth-order valence-corrected chi connectivity index (χ4v) is 3.61. The third kappa shape index (κ3) is 5.53. The molecular weight excluding hydrogens is 372 g/mol. The number of carbonyl (C=O) groups excluding carboxylic acids is 1. The molecule has 0 unspecified atom stereocenters. The number of para-hydroxylation sites is 2. The van der Waals surface area contributed by atoms with Gasteiger partial charge >= 0.3 is 0 Å². The van der Waals surface area contributed by atoms with Gasteiger partial charge in [-0.1, -0.05) is 56.5 Å². The van der Waals surface area contributed by atoms with E-state index in [1.807, 2.05) is 54.6 Å². The number of hydrogen-bond donors (Lipinski definition) is 3. The Hall–Kier alpha value is -3.01. The number of nitrogens with one attached hydrogen (secondary N) is 3. The summed E-state index contributed by atoms with van der Waals surface area (Å²) >= 11 is 0. The molecule has 5 heteroatoms. The van der Waals surface area contributed by atoms with E-state index < -0.39 is 0 Å². The van der Waals surface area contributed by atoms with Crippen molar-refractivity contribution in [2.75, 3.05) is 24.2 Å². The molecule has 0 fully saturated rings. The van der Waals surface area contributed by atoms with E-state index >= 15 is 0 Å². The number of hydrazine groups is 1. The summed E-state index contributed by atoms with van der Waals surface area (Å²) in [6.07, 6.45) is 13.0. The maximum atomic E-state index is 13.0. The lowest BCUT2D eigenvalue weighted by Crippen LogP contribution is -2.30.